The van der Waals surface area contributed by atoms with Gasteiger partial charge in [-0.2, -0.15) is 5.10 Å². The van der Waals surface area contributed by atoms with Crippen LogP contribution >= 0.6 is 0 Å². The lowest BCUT2D eigenvalue weighted by Gasteiger charge is -2.51. The molecule has 1 aromatic carbocycles. The van der Waals surface area contributed by atoms with E-state index >= 15 is 0 Å². The number of H-pyrrole nitrogens is 1. The molecule has 0 unspecified atom stereocenters. The molecular formula is C27H31F3N8O. The van der Waals surface area contributed by atoms with Crippen molar-refractivity contribution in [2.45, 2.75) is 57.2 Å². The largest absolute Gasteiger partial charge is 0.573 e. The van der Waals surface area contributed by atoms with Gasteiger partial charge in [0, 0.05) is 31.7 Å². The summed E-state index contributed by atoms with van der Waals surface area (Å²) in [5.41, 5.74) is 2.52. The fourth-order valence-corrected chi connectivity index (χ4v) is 5.99. The first-order valence-corrected chi connectivity index (χ1v) is 13.4. The van der Waals surface area contributed by atoms with Gasteiger partial charge >= 0.3 is 6.36 Å². The van der Waals surface area contributed by atoms with Gasteiger partial charge in [-0.3, -0.25) is 14.9 Å². The summed E-state index contributed by atoms with van der Waals surface area (Å²) in [6.45, 7) is 6.74. The third-order valence-corrected chi connectivity index (χ3v) is 7.92. The van der Waals surface area contributed by atoms with E-state index in [1.165, 1.54) is 18.5 Å². The van der Waals surface area contributed by atoms with Crippen LogP contribution in [-0.4, -0.2) is 85.6 Å². The van der Waals surface area contributed by atoms with Gasteiger partial charge in [-0.05, 0) is 56.1 Å². The number of hydrogen-bond donors (Lipinski definition) is 1. The molecule has 206 valence electrons. The fraction of sp³-hybridized carbons (Fsp3) is 0.481. The van der Waals surface area contributed by atoms with E-state index in [2.05, 4.69) is 53.7 Å². The predicted octanol–water partition coefficient (Wildman–Crippen LogP) is 4.12. The van der Waals surface area contributed by atoms with Crippen molar-refractivity contribution in [3.8, 4) is 17.3 Å². The zero-order chi connectivity index (χ0) is 27.0. The number of benzene rings is 1. The summed E-state index contributed by atoms with van der Waals surface area (Å²) >= 11 is 0. The number of halogens is 3. The number of aromatic amines is 1. The minimum absolute atomic E-state index is 0.185. The number of likely N-dealkylation sites (tertiary alicyclic amines) is 1. The Hall–Kier alpha value is -3.51. The average molecular weight is 541 g/mol. The van der Waals surface area contributed by atoms with E-state index in [0.29, 0.717) is 23.6 Å². The lowest BCUT2D eigenvalue weighted by Crippen LogP contribution is -2.62. The van der Waals surface area contributed by atoms with E-state index in [9.17, 15) is 13.2 Å². The van der Waals surface area contributed by atoms with Gasteiger partial charge < -0.3 is 9.64 Å². The molecule has 0 amide bonds. The van der Waals surface area contributed by atoms with E-state index < -0.39 is 6.36 Å². The molecule has 12 heteroatoms. The van der Waals surface area contributed by atoms with Crippen LogP contribution in [0.2, 0.25) is 0 Å². The number of fused-ring (bicyclic) bond motifs is 3. The number of piperazine rings is 1. The van der Waals surface area contributed by atoms with Crippen molar-refractivity contribution in [1.82, 2.24) is 34.9 Å². The Labute approximate surface area is 224 Å². The smallest absolute Gasteiger partial charge is 0.406 e. The highest BCUT2D eigenvalue weighted by atomic mass is 19.4. The van der Waals surface area contributed by atoms with Crippen molar-refractivity contribution in [2.75, 3.05) is 31.1 Å². The van der Waals surface area contributed by atoms with Crippen LogP contribution in [0.4, 0.5) is 19.0 Å². The summed E-state index contributed by atoms with van der Waals surface area (Å²) in [5, 5.41) is 6.76. The zero-order valence-electron chi connectivity index (χ0n) is 21.7. The minimum Gasteiger partial charge on any atom is -0.406 e. The Bertz CT molecular complexity index is 1290. The topological polar surface area (TPSA) is 86.3 Å². The molecule has 3 aromatic rings. The number of piperidine rings is 1. The quantitative estimate of drug-likeness (QED) is 0.500. The van der Waals surface area contributed by atoms with Crippen LogP contribution in [0.1, 0.15) is 37.4 Å². The number of rotatable bonds is 6. The van der Waals surface area contributed by atoms with E-state index in [1.54, 1.807) is 18.3 Å². The van der Waals surface area contributed by atoms with Gasteiger partial charge in [-0.15, -0.1) is 13.2 Å². The number of nitrogens with one attached hydrogen (secondary N) is 1. The molecule has 2 saturated heterocycles. The molecule has 5 heterocycles. The molecule has 0 bridgehead atoms. The lowest BCUT2D eigenvalue weighted by atomic mass is 9.94. The van der Waals surface area contributed by atoms with Crippen LogP contribution in [0.5, 0.6) is 5.75 Å². The molecule has 2 fully saturated rings. The first-order valence-electron chi connectivity index (χ1n) is 13.4. The molecule has 9 nitrogen and oxygen atoms in total. The number of hydrogen-bond acceptors (Lipinski definition) is 8. The fourth-order valence-electron chi connectivity index (χ4n) is 5.99. The first-order chi connectivity index (χ1) is 18.9. The molecule has 2 atom stereocenters. The molecule has 0 saturated carbocycles. The zero-order valence-corrected chi connectivity index (χ0v) is 21.7. The van der Waals surface area contributed by atoms with Crippen molar-refractivity contribution in [3.63, 3.8) is 0 Å². The van der Waals surface area contributed by atoms with Gasteiger partial charge in [0.1, 0.15) is 23.5 Å². The molecule has 6 rings (SSSR count). The van der Waals surface area contributed by atoms with Gasteiger partial charge in [0.25, 0.3) is 0 Å². The summed E-state index contributed by atoms with van der Waals surface area (Å²) < 4.78 is 41.3. The summed E-state index contributed by atoms with van der Waals surface area (Å²) in [6, 6.07) is 7.38. The second-order valence-electron chi connectivity index (χ2n) is 10.3. The number of aromatic nitrogens is 5. The summed E-state index contributed by atoms with van der Waals surface area (Å²) in [6.07, 6.45) is 6.05. The van der Waals surface area contributed by atoms with E-state index in [-0.39, 0.29) is 11.8 Å². The third kappa shape index (κ3) is 5.62. The molecular weight excluding hydrogens is 509 g/mol. The van der Waals surface area contributed by atoms with Gasteiger partial charge in [-0.1, -0.05) is 25.1 Å². The molecule has 3 aliphatic rings. The van der Waals surface area contributed by atoms with Crippen LogP contribution in [-0.2, 0) is 6.54 Å². The lowest BCUT2D eigenvalue weighted by molar-refractivity contribution is -0.274. The third-order valence-electron chi connectivity index (χ3n) is 7.92. The second-order valence-corrected chi connectivity index (χ2v) is 10.3. The number of anilines is 1. The van der Waals surface area contributed by atoms with E-state index in [0.717, 1.165) is 69.1 Å². The standard InChI is InChI=1S/C27H31F3N8O/c1-2-19-15-38-21(5-8-23-26(38)31-13-24(34-23)25-32-17-33-35-25)16-37(19)20-9-11-36(12-10-20)14-18-3-6-22(7-4-18)39-27(28,29)30/h3-8,13,17,19-21H,2,9-12,14-16H2,1H3,(H,32,33,35)/t19-,21+/m0/s1. The van der Waals surface area contributed by atoms with E-state index in [1.807, 2.05) is 0 Å². The maximum atomic E-state index is 12.4. The molecule has 2 aromatic heterocycles. The highest BCUT2D eigenvalue weighted by Crippen LogP contribution is 2.34. The van der Waals surface area contributed by atoms with E-state index in [4.69, 9.17) is 9.97 Å². The Morgan fingerprint density at radius 3 is 2.56 bits per heavy atom. The first kappa shape index (κ1) is 25.8. The number of ether oxygens (including phenoxy) is 1. The number of nitrogens with zero attached hydrogens (tertiary/aromatic N) is 7. The van der Waals surface area contributed by atoms with Crippen molar-refractivity contribution in [1.29, 1.82) is 0 Å². The van der Waals surface area contributed by atoms with Gasteiger partial charge in [0.15, 0.2) is 11.6 Å². The summed E-state index contributed by atoms with van der Waals surface area (Å²) in [5.74, 6) is 1.34. The van der Waals surface area contributed by atoms with Gasteiger partial charge in [0.05, 0.1) is 12.2 Å². The molecule has 0 radical (unpaired) electrons. The Morgan fingerprint density at radius 1 is 1.08 bits per heavy atom. The minimum atomic E-state index is -4.67. The summed E-state index contributed by atoms with van der Waals surface area (Å²) in [4.78, 5) is 21.2. The van der Waals surface area contributed by atoms with Crippen LogP contribution in [0.25, 0.3) is 17.6 Å². The van der Waals surface area contributed by atoms with Crippen LogP contribution in [0.15, 0.2) is 42.9 Å². The molecule has 0 aliphatic carbocycles. The maximum Gasteiger partial charge on any atom is 0.573 e. The van der Waals surface area contributed by atoms with Crippen molar-refractivity contribution in [2.24, 2.45) is 0 Å². The number of alkyl halides is 3. The molecule has 39 heavy (non-hydrogen) atoms. The Morgan fingerprint density at radius 2 is 1.87 bits per heavy atom. The average Bonchev–Trinajstić information content (AvgIpc) is 3.48. The highest BCUT2D eigenvalue weighted by Gasteiger charge is 2.39. The van der Waals surface area contributed by atoms with Crippen LogP contribution in [0, 0.1) is 0 Å². The normalized spacial score (nSPS) is 22.5. The van der Waals surface area contributed by atoms with Crippen molar-refractivity contribution >= 4 is 11.9 Å². The van der Waals surface area contributed by atoms with Gasteiger partial charge in [0.2, 0.25) is 0 Å². The summed E-state index contributed by atoms with van der Waals surface area (Å²) in [7, 11) is 0. The SMILES string of the molecule is CC[C@H]1CN2c3ncc(-c4ncn[nH]4)nc3C=C[C@@H]2CN1C1CCN(Cc2ccc(OC(F)(F)F)cc2)CC1. The highest BCUT2D eigenvalue weighted by molar-refractivity contribution is 5.68. The van der Waals surface area contributed by atoms with Crippen molar-refractivity contribution < 1.29 is 17.9 Å². The predicted molar refractivity (Wildman–Crippen MR) is 140 cm³/mol. The Balaban J connectivity index is 1.07. The van der Waals surface area contributed by atoms with Crippen LogP contribution < -0.4 is 9.64 Å². The molecule has 1 N–H and O–H groups in total. The molecule has 3 aliphatic heterocycles. The van der Waals surface area contributed by atoms with Crippen LogP contribution in [0.3, 0.4) is 0 Å². The molecule has 0 spiro atoms. The maximum absolute atomic E-state index is 12.4. The van der Waals surface area contributed by atoms with Crippen molar-refractivity contribution in [3.05, 3.63) is 54.1 Å². The monoisotopic (exact) mass is 540 g/mol. The second kappa shape index (κ2) is 10.6. The van der Waals surface area contributed by atoms with Gasteiger partial charge in [-0.25, -0.2) is 15.0 Å². The Kier molecular flexibility index (Phi) is 6.98.